The number of nitrogens with one attached hydrogen (secondary N) is 1. The normalized spacial score (nSPS) is 27.9. The summed E-state index contributed by atoms with van der Waals surface area (Å²) < 4.78 is 0. The number of hydrogen-bond acceptors (Lipinski definition) is 3. The van der Waals surface area contributed by atoms with Crippen molar-refractivity contribution in [2.24, 2.45) is 23.7 Å². The molecule has 4 unspecified atom stereocenters. The second-order valence-electron chi connectivity index (χ2n) is 7.38. The minimum absolute atomic E-state index is 0.108. The third-order valence-corrected chi connectivity index (χ3v) is 5.89. The van der Waals surface area contributed by atoms with E-state index in [-0.39, 0.29) is 41.4 Å². The van der Waals surface area contributed by atoms with E-state index in [0.29, 0.717) is 16.9 Å². The molecule has 5 nitrogen and oxygen atoms in total. The minimum atomic E-state index is -0.231. The third kappa shape index (κ3) is 2.42. The highest BCUT2D eigenvalue weighted by atomic mass is 16.2. The number of amides is 3. The van der Waals surface area contributed by atoms with Crippen molar-refractivity contribution in [2.75, 3.05) is 10.2 Å². The molecule has 1 saturated heterocycles. The Kier molecular flexibility index (Phi) is 3.50. The average Bonchev–Trinajstić information content (AvgIpc) is 3.37. The molecule has 5 heteroatoms. The molecule has 1 N–H and O–H groups in total. The number of carbonyl (C=O) groups is 3. The van der Waals surface area contributed by atoms with E-state index in [1.54, 1.807) is 24.3 Å². The minimum Gasteiger partial charge on any atom is -0.322 e. The highest BCUT2D eigenvalue weighted by molar-refractivity contribution is 6.23. The van der Waals surface area contributed by atoms with Crippen LogP contribution in [0.3, 0.4) is 0 Å². The van der Waals surface area contributed by atoms with Crippen molar-refractivity contribution >= 4 is 29.1 Å². The molecule has 5 rings (SSSR count). The Bertz CT molecular complexity index is 935. The molecule has 1 saturated carbocycles. The van der Waals surface area contributed by atoms with Crippen LogP contribution in [0.4, 0.5) is 11.4 Å². The Morgan fingerprint density at radius 3 is 2.04 bits per heavy atom. The van der Waals surface area contributed by atoms with E-state index in [0.717, 1.165) is 6.42 Å². The Labute approximate surface area is 156 Å². The summed E-state index contributed by atoms with van der Waals surface area (Å²) in [5.41, 5.74) is 1.73. The lowest BCUT2D eigenvalue weighted by molar-refractivity contribution is -0.123. The van der Waals surface area contributed by atoms with Crippen LogP contribution >= 0.6 is 0 Å². The van der Waals surface area contributed by atoms with Crippen molar-refractivity contribution in [3.05, 3.63) is 72.3 Å². The predicted molar refractivity (Wildman–Crippen MR) is 101 cm³/mol. The zero-order chi connectivity index (χ0) is 18.5. The Morgan fingerprint density at radius 2 is 1.44 bits per heavy atom. The molecule has 0 aromatic heterocycles. The van der Waals surface area contributed by atoms with Gasteiger partial charge in [0.15, 0.2) is 0 Å². The van der Waals surface area contributed by atoms with Crippen LogP contribution in [0.15, 0.2) is 66.7 Å². The molecular formula is C22H18N2O3. The number of rotatable bonds is 3. The van der Waals surface area contributed by atoms with E-state index in [1.807, 2.05) is 30.3 Å². The molecule has 3 aliphatic rings. The first-order valence-electron chi connectivity index (χ1n) is 9.16. The monoisotopic (exact) mass is 358 g/mol. The number of hydrogen-bond donors (Lipinski definition) is 1. The summed E-state index contributed by atoms with van der Waals surface area (Å²) >= 11 is 0. The van der Waals surface area contributed by atoms with Crippen LogP contribution in [0.5, 0.6) is 0 Å². The van der Waals surface area contributed by atoms with Gasteiger partial charge in [0.05, 0.1) is 17.5 Å². The van der Waals surface area contributed by atoms with Crippen LogP contribution in [0.2, 0.25) is 0 Å². The quantitative estimate of drug-likeness (QED) is 0.677. The van der Waals surface area contributed by atoms with Gasteiger partial charge in [-0.05, 0) is 54.7 Å². The molecule has 2 aromatic rings. The van der Waals surface area contributed by atoms with Gasteiger partial charge in [0.25, 0.3) is 5.91 Å². The highest BCUT2D eigenvalue weighted by Gasteiger charge is 2.59. The van der Waals surface area contributed by atoms with Gasteiger partial charge in [-0.1, -0.05) is 30.4 Å². The summed E-state index contributed by atoms with van der Waals surface area (Å²) in [6.45, 7) is 0. The van der Waals surface area contributed by atoms with Crippen molar-refractivity contribution in [1.29, 1.82) is 0 Å². The second-order valence-corrected chi connectivity index (χ2v) is 7.38. The molecule has 2 fully saturated rings. The Morgan fingerprint density at radius 1 is 0.852 bits per heavy atom. The number of imide groups is 1. The summed E-state index contributed by atoms with van der Waals surface area (Å²) in [4.78, 5) is 39.3. The molecule has 0 spiro atoms. The van der Waals surface area contributed by atoms with Crippen molar-refractivity contribution in [3.8, 4) is 0 Å². The van der Waals surface area contributed by atoms with E-state index < -0.39 is 0 Å². The number of benzene rings is 2. The van der Waals surface area contributed by atoms with Gasteiger partial charge < -0.3 is 5.32 Å². The lowest BCUT2D eigenvalue weighted by Gasteiger charge is -2.17. The fourth-order valence-electron chi connectivity index (χ4n) is 4.64. The first-order valence-corrected chi connectivity index (χ1v) is 9.16. The summed E-state index contributed by atoms with van der Waals surface area (Å²) in [6.07, 6.45) is 5.08. The number of allylic oxidation sites excluding steroid dienone is 2. The van der Waals surface area contributed by atoms with Gasteiger partial charge in [-0.25, -0.2) is 0 Å². The molecule has 1 aliphatic heterocycles. The van der Waals surface area contributed by atoms with Gasteiger partial charge in [0, 0.05) is 11.3 Å². The number of carbonyl (C=O) groups excluding carboxylic acids is 3. The summed E-state index contributed by atoms with van der Waals surface area (Å²) in [7, 11) is 0. The zero-order valence-electron chi connectivity index (χ0n) is 14.5. The molecule has 134 valence electrons. The van der Waals surface area contributed by atoms with Crippen LogP contribution in [0, 0.1) is 23.7 Å². The molecule has 0 radical (unpaired) electrons. The molecule has 1 heterocycles. The maximum Gasteiger partial charge on any atom is 0.255 e. The molecule has 2 aromatic carbocycles. The van der Waals surface area contributed by atoms with Crippen molar-refractivity contribution < 1.29 is 14.4 Å². The number of nitrogens with zero attached hydrogens (tertiary/aromatic N) is 1. The van der Waals surface area contributed by atoms with E-state index >= 15 is 0 Å². The first-order chi connectivity index (χ1) is 13.1. The van der Waals surface area contributed by atoms with Crippen LogP contribution in [-0.4, -0.2) is 17.7 Å². The maximum atomic E-state index is 12.8. The average molecular weight is 358 g/mol. The van der Waals surface area contributed by atoms with Crippen LogP contribution in [0.1, 0.15) is 16.8 Å². The zero-order valence-corrected chi connectivity index (χ0v) is 14.5. The largest absolute Gasteiger partial charge is 0.322 e. The fraction of sp³-hybridized carbons (Fsp3) is 0.227. The van der Waals surface area contributed by atoms with Gasteiger partial charge in [-0.2, -0.15) is 0 Å². The van der Waals surface area contributed by atoms with E-state index in [2.05, 4.69) is 17.5 Å². The van der Waals surface area contributed by atoms with E-state index in [9.17, 15) is 14.4 Å². The summed E-state index contributed by atoms with van der Waals surface area (Å²) in [6, 6.07) is 15.8. The third-order valence-electron chi connectivity index (χ3n) is 5.89. The first kappa shape index (κ1) is 16.0. The smallest absolute Gasteiger partial charge is 0.255 e. The predicted octanol–water partition coefficient (Wildman–Crippen LogP) is 3.25. The van der Waals surface area contributed by atoms with E-state index in [4.69, 9.17) is 0 Å². The Balaban J connectivity index is 1.36. The second kappa shape index (κ2) is 5.91. The summed E-state index contributed by atoms with van der Waals surface area (Å²) in [5.74, 6) is -0.491. The lowest BCUT2D eigenvalue weighted by Crippen LogP contribution is -2.32. The maximum absolute atomic E-state index is 12.8. The number of fused-ring (bicyclic) bond motifs is 5. The summed E-state index contributed by atoms with van der Waals surface area (Å²) in [5, 5.41) is 2.82. The number of para-hydroxylation sites is 1. The van der Waals surface area contributed by atoms with Crippen molar-refractivity contribution in [1.82, 2.24) is 0 Å². The van der Waals surface area contributed by atoms with E-state index in [1.165, 1.54) is 4.90 Å². The lowest BCUT2D eigenvalue weighted by atomic mass is 9.85. The highest BCUT2D eigenvalue weighted by Crippen LogP contribution is 2.53. The fourth-order valence-corrected chi connectivity index (χ4v) is 4.64. The van der Waals surface area contributed by atoms with Gasteiger partial charge in [-0.3, -0.25) is 19.3 Å². The molecule has 2 aliphatic carbocycles. The Hall–Kier alpha value is -3.21. The van der Waals surface area contributed by atoms with Crippen LogP contribution < -0.4 is 10.2 Å². The van der Waals surface area contributed by atoms with Crippen molar-refractivity contribution in [2.45, 2.75) is 6.42 Å². The van der Waals surface area contributed by atoms with Gasteiger partial charge >= 0.3 is 0 Å². The number of anilines is 2. The molecule has 3 amide bonds. The van der Waals surface area contributed by atoms with Gasteiger partial charge in [0.2, 0.25) is 11.8 Å². The molecule has 4 atom stereocenters. The molecule has 2 bridgehead atoms. The van der Waals surface area contributed by atoms with Crippen LogP contribution in [0.25, 0.3) is 0 Å². The standard InChI is InChI=1S/C22H18N2O3/c25-20(23-16-4-2-1-3-5-16)13-8-10-17(11-9-13)24-21(26)18-14-6-7-15(12-14)19(18)22(24)27/h1-11,14-15,18-19H,12H2,(H,23,25). The van der Waals surface area contributed by atoms with Crippen LogP contribution in [-0.2, 0) is 9.59 Å². The topological polar surface area (TPSA) is 66.5 Å². The SMILES string of the molecule is O=C(Nc1ccccc1)c1ccc(N2C(=O)C3C4C=CC(C4)C3C2=O)cc1. The van der Waals surface area contributed by atoms with Gasteiger partial charge in [-0.15, -0.1) is 0 Å². The molecular weight excluding hydrogens is 340 g/mol. The molecule has 27 heavy (non-hydrogen) atoms. The van der Waals surface area contributed by atoms with Crippen molar-refractivity contribution in [3.63, 3.8) is 0 Å². The van der Waals surface area contributed by atoms with Gasteiger partial charge in [0.1, 0.15) is 0 Å².